The Morgan fingerprint density at radius 2 is 1.63 bits per heavy atom. The van der Waals surface area contributed by atoms with E-state index in [2.05, 4.69) is 5.32 Å². The predicted molar refractivity (Wildman–Crippen MR) is 106 cm³/mol. The van der Waals surface area contributed by atoms with Gasteiger partial charge in [0.2, 0.25) is 0 Å². The van der Waals surface area contributed by atoms with E-state index in [1.54, 1.807) is 23.1 Å². The van der Waals surface area contributed by atoms with Gasteiger partial charge in [-0.1, -0.05) is 6.07 Å². The fourth-order valence-electron chi connectivity index (χ4n) is 3.27. The predicted octanol–water partition coefficient (Wildman–Crippen LogP) is 1.76. The lowest BCUT2D eigenvalue weighted by Crippen LogP contribution is -2.46. The van der Waals surface area contributed by atoms with Gasteiger partial charge in [0.05, 0.1) is 0 Å². The van der Waals surface area contributed by atoms with Gasteiger partial charge in [-0.25, -0.2) is 0 Å². The Morgan fingerprint density at radius 3 is 2.23 bits per heavy atom. The molecule has 0 radical (unpaired) electrons. The van der Waals surface area contributed by atoms with Crippen LogP contribution in [0.15, 0.2) is 36.4 Å². The Balaban J connectivity index is 1.57. The summed E-state index contributed by atoms with van der Waals surface area (Å²) in [5, 5.41) is 31.5. The maximum atomic E-state index is 12.6. The van der Waals surface area contributed by atoms with E-state index in [9.17, 15) is 29.7 Å². The van der Waals surface area contributed by atoms with Crippen LogP contribution >= 0.6 is 0 Å². The Bertz CT molecular complexity index is 958. The van der Waals surface area contributed by atoms with E-state index in [0.29, 0.717) is 31.5 Å². The number of hydrogen-bond acceptors (Lipinski definition) is 7. The van der Waals surface area contributed by atoms with Crippen LogP contribution in [0.3, 0.4) is 0 Å². The van der Waals surface area contributed by atoms with E-state index < -0.39 is 23.2 Å². The molecule has 2 aromatic rings. The van der Waals surface area contributed by atoms with Crippen molar-refractivity contribution in [3.05, 3.63) is 47.5 Å². The lowest BCUT2D eigenvalue weighted by molar-refractivity contribution is -0.131. The average molecular weight is 414 g/mol. The van der Waals surface area contributed by atoms with Gasteiger partial charge in [0.15, 0.2) is 17.2 Å². The molecule has 0 aromatic heterocycles. The van der Waals surface area contributed by atoms with Gasteiger partial charge in [-0.05, 0) is 43.2 Å². The number of ether oxygens (including phenoxy) is 1. The molecule has 1 aliphatic rings. The van der Waals surface area contributed by atoms with Crippen molar-refractivity contribution in [2.75, 3.05) is 13.1 Å². The van der Waals surface area contributed by atoms with E-state index >= 15 is 0 Å². The van der Waals surface area contributed by atoms with Gasteiger partial charge in [0.25, 0.3) is 11.8 Å². The summed E-state index contributed by atoms with van der Waals surface area (Å²) >= 11 is 0. The topological polar surface area (TPSA) is 136 Å². The molecule has 1 fully saturated rings. The molecule has 30 heavy (non-hydrogen) atoms. The second-order valence-corrected chi connectivity index (χ2v) is 7.02. The summed E-state index contributed by atoms with van der Waals surface area (Å²) in [5.74, 6) is -2.70. The highest BCUT2D eigenvalue weighted by atomic mass is 16.5. The molecule has 1 aliphatic heterocycles. The van der Waals surface area contributed by atoms with Crippen LogP contribution in [-0.2, 0) is 4.79 Å². The van der Waals surface area contributed by atoms with Gasteiger partial charge in [0.1, 0.15) is 5.75 Å². The van der Waals surface area contributed by atoms with Crippen LogP contribution in [-0.4, -0.2) is 57.1 Å². The van der Waals surface area contributed by atoms with Crippen LogP contribution in [0.5, 0.6) is 23.0 Å². The Kier molecular flexibility index (Phi) is 6.10. The first-order valence-electron chi connectivity index (χ1n) is 9.38. The number of piperidine rings is 1. The smallest absolute Gasteiger partial charge is 0.308 e. The largest absolute Gasteiger partial charge is 0.504 e. The molecule has 0 aliphatic carbocycles. The highest BCUT2D eigenvalue weighted by Crippen LogP contribution is 2.35. The summed E-state index contributed by atoms with van der Waals surface area (Å²) in [6, 6.07) is 8.37. The number of nitrogens with one attached hydrogen (secondary N) is 1. The van der Waals surface area contributed by atoms with Crippen molar-refractivity contribution >= 4 is 17.8 Å². The van der Waals surface area contributed by atoms with Crippen molar-refractivity contribution in [3.63, 3.8) is 0 Å². The number of phenols is 3. The summed E-state index contributed by atoms with van der Waals surface area (Å²) in [6.45, 7) is 2.03. The summed E-state index contributed by atoms with van der Waals surface area (Å²) in [4.78, 5) is 37.7. The zero-order chi connectivity index (χ0) is 21.8. The van der Waals surface area contributed by atoms with Crippen LogP contribution in [0.1, 0.15) is 40.5 Å². The minimum atomic E-state index is -0.675. The highest BCUT2D eigenvalue weighted by molar-refractivity contribution is 5.96. The fraction of sp³-hybridized carbons (Fsp3) is 0.286. The molecule has 9 heteroatoms. The number of carbonyl (C=O) groups excluding carboxylic acids is 3. The monoisotopic (exact) mass is 414 g/mol. The molecule has 0 unspecified atom stereocenters. The number of amides is 2. The van der Waals surface area contributed by atoms with Crippen molar-refractivity contribution in [2.45, 2.75) is 25.8 Å². The van der Waals surface area contributed by atoms with Crippen LogP contribution < -0.4 is 10.1 Å². The highest BCUT2D eigenvalue weighted by Gasteiger charge is 2.26. The summed E-state index contributed by atoms with van der Waals surface area (Å²) < 4.78 is 4.99. The average Bonchev–Trinajstić information content (AvgIpc) is 2.71. The van der Waals surface area contributed by atoms with Crippen molar-refractivity contribution in [2.24, 2.45) is 0 Å². The third-order valence-electron chi connectivity index (χ3n) is 4.79. The first-order chi connectivity index (χ1) is 14.2. The van der Waals surface area contributed by atoms with Gasteiger partial charge < -0.3 is 30.3 Å². The zero-order valence-electron chi connectivity index (χ0n) is 16.3. The number of nitrogens with zero attached hydrogens (tertiary/aromatic N) is 1. The van der Waals surface area contributed by atoms with Crippen LogP contribution in [0.25, 0.3) is 0 Å². The molecule has 1 heterocycles. The molecule has 1 saturated heterocycles. The molecule has 9 nitrogen and oxygen atoms in total. The van der Waals surface area contributed by atoms with Crippen LogP contribution in [0, 0.1) is 0 Å². The molecule has 2 aromatic carbocycles. The maximum Gasteiger partial charge on any atom is 0.308 e. The van der Waals surface area contributed by atoms with E-state index in [0.717, 1.165) is 12.1 Å². The molecule has 158 valence electrons. The second-order valence-electron chi connectivity index (χ2n) is 7.02. The summed E-state index contributed by atoms with van der Waals surface area (Å²) in [6.07, 6.45) is 1.05. The molecule has 0 bridgehead atoms. The number of benzene rings is 2. The summed E-state index contributed by atoms with van der Waals surface area (Å²) in [5.41, 5.74) is 0.426. The van der Waals surface area contributed by atoms with Gasteiger partial charge in [0, 0.05) is 37.2 Å². The molecule has 0 spiro atoms. The standard InChI is InChI=1S/C21H22N2O7/c1-12(24)30-16-4-2-3-13(9-16)20(28)22-15-5-7-23(8-6-15)21(29)14-10-17(25)19(27)18(26)11-14/h2-4,9-11,15,25-27H,5-8H2,1H3,(H,22,28). The van der Waals surface area contributed by atoms with Crippen molar-refractivity contribution in [1.29, 1.82) is 0 Å². The zero-order valence-corrected chi connectivity index (χ0v) is 16.3. The minimum Gasteiger partial charge on any atom is -0.504 e. The van der Waals surface area contributed by atoms with E-state index in [-0.39, 0.29) is 29.2 Å². The number of phenolic OH excluding ortho intramolecular Hbond substituents is 3. The van der Waals surface area contributed by atoms with Crippen LogP contribution in [0.4, 0.5) is 0 Å². The van der Waals surface area contributed by atoms with Gasteiger partial charge in [-0.3, -0.25) is 14.4 Å². The van der Waals surface area contributed by atoms with Crippen LogP contribution in [0.2, 0.25) is 0 Å². The quantitative estimate of drug-likeness (QED) is 0.340. The molecule has 0 atom stereocenters. The Labute approximate surface area is 172 Å². The SMILES string of the molecule is CC(=O)Oc1cccc(C(=O)NC2CCN(C(=O)c3cc(O)c(O)c(O)c3)CC2)c1. The van der Waals surface area contributed by atoms with Gasteiger partial charge in [-0.2, -0.15) is 0 Å². The van der Waals surface area contributed by atoms with Crippen molar-refractivity contribution in [1.82, 2.24) is 10.2 Å². The number of aromatic hydroxyl groups is 3. The lowest BCUT2D eigenvalue weighted by Gasteiger charge is -2.32. The Morgan fingerprint density at radius 1 is 1.00 bits per heavy atom. The molecule has 0 saturated carbocycles. The first-order valence-corrected chi connectivity index (χ1v) is 9.38. The molecule has 4 N–H and O–H groups in total. The number of rotatable bonds is 4. The van der Waals surface area contributed by atoms with E-state index in [1.165, 1.54) is 13.0 Å². The number of likely N-dealkylation sites (tertiary alicyclic amines) is 1. The maximum absolute atomic E-state index is 12.6. The lowest BCUT2D eigenvalue weighted by atomic mass is 10.0. The molecule has 3 rings (SSSR count). The third-order valence-corrected chi connectivity index (χ3v) is 4.79. The number of esters is 1. The van der Waals surface area contributed by atoms with Gasteiger partial charge >= 0.3 is 5.97 Å². The molecule has 2 amide bonds. The Hall–Kier alpha value is -3.75. The number of carbonyl (C=O) groups is 3. The molecular weight excluding hydrogens is 392 g/mol. The second kappa shape index (κ2) is 8.73. The summed E-state index contributed by atoms with van der Waals surface area (Å²) in [7, 11) is 0. The normalized spacial score (nSPS) is 14.2. The first kappa shape index (κ1) is 21.0. The fourth-order valence-corrected chi connectivity index (χ4v) is 3.27. The third kappa shape index (κ3) is 4.80. The van der Waals surface area contributed by atoms with Crippen molar-refractivity contribution in [3.8, 4) is 23.0 Å². The van der Waals surface area contributed by atoms with Crippen molar-refractivity contribution < 1.29 is 34.4 Å². The van der Waals surface area contributed by atoms with E-state index in [4.69, 9.17) is 4.74 Å². The molecular formula is C21H22N2O7. The number of hydrogen-bond donors (Lipinski definition) is 4. The van der Waals surface area contributed by atoms with E-state index in [1.807, 2.05) is 0 Å². The minimum absolute atomic E-state index is 0.0626. The van der Waals surface area contributed by atoms with Gasteiger partial charge in [-0.15, -0.1) is 0 Å².